The van der Waals surface area contributed by atoms with Gasteiger partial charge in [0.1, 0.15) is 22.7 Å². The topological polar surface area (TPSA) is 52.5 Å². The molecule has 5 aromatic rings. The van der Waals surface area contributed by atoms with Crippen molar-refractivity contribution >= 4 is 38.7 Å². The van der Waals surface area contributed by atoms with Gasteiger partial charge in [0.25, 0.3) is 0 Å². The lowest BCUT2D eigenvalue weighted by Crippen LogP contribution is -2.30. The van der Waals surface area contributed by atoms with Gasteiger partial charge < -0.3 is 4.57 Å². The Hall–Kier alpha value is -4.12. The number of hydrogen-bond acceptors (Lipinski definition) is 3. The highest BCUT2D eigenvalue weighted by Crippen LogP contribution is 2.64. The molecule has 0 N–H and O–H groups in total. The predicted molar refractivity (Wildman–Crippen MR) is 178 cm³/mol. The number of aromatic nitrogens is 1. The maximum Gasteiger partial charge on any atom is 0.138 e. The molecule has 43 heavy (non-hydrogen) atoms. The molecule has 3 aliphatic rings. The number of hydrogen-bond donors (Lipinski definition) is 0. The first-order valence-corrected chi connectivity index (χ1v) is 16.3. The van der Waals surface area contributed by atoms with E-state index < -0.39 is 0 Å². The van der Waals surface area contributed by atoms with Crippen LogP contribution in [0.3, 0.4) is 0 Å². The Balaban J connectivity index is 1.60. The van der Waals surface area contributed by atoms with Gasteiger partial charge in [-0.3, -0.25) is 0 Å². The van der Waals surface area contributed by atoms with Gasteiger partial charge in [0, 0.05) is 37.8 Å². The van der Waals surface area contributed by atoms with Crippen LogP contribution in [0.4, 0.5) is 0 Å². The van der Waals surface area contributed by atoms with Gasteiger partial charge in [-0.1, -0.05) is 90.8 Å². The summed E-state index contributed by atoms with van der Waals surface area (Å²) in [5.74, 6) is 0. The molecule has 1 spiro atoms. The molecule has 0 atom stereocenters. The summed E-state index contributed by atoms with van der Waals surface area (Å²) in [6, 6.07) is 25.0. The zero-order chi connectivity index (χ0) is 30.1. The Kier molecular flexibility index (Phi) is 5.24. The van der Waals surface area contributed by atoms with Gasteiger partial charge in [-0.05, 0) is 69.7 Å². The van der Waals surface area contributed by atoms with E-state index in [1.54, 1.807) is 11.3 Å². The van der Waals surface area contributed by atoms with E-state index in [-0.39, 0.29) is 21.8 Å². The smallest absolute Gasteiger partial charge is 0.138 e. The molecule has 0 unspecified atom stereocenters. The molecule has 3 nitrogen and oxygen atoms in total. The van der Waals surface area contributed by atoms with Gasteiger partial charge >= 0.3 is 0 Å². The minimum atomic E-state index is -0.0990. The van der Waals surface area contributed by atoms with Gasteiger partial charge in [-0.2, -0.15) is 10.5 Å². The molecule has 4 heteroatoms. The first-order valence-electron chi connectivity index (χ1n) is 15.5. The molecular weight excluding hydrogens is 543 g/mol. The van der Waals surface area contributed by atoms with Gasteiger partial charge in [0.2, 0.25) is 0 Å². The van der Waals surface area contributed by atoms with Crippen LogP contribution in [0.25, 0.3) is 43.5 Å². The number of fused-ring (bicyclic) bond motifs is 11. The normalized spacial score (nSPS) is 16.3. The van der Waals surface area contributed by atoms with Crippen LogP contribution in [0.1, 0.15) is 99.9 Å². The monoisotopic (exact) mass is 577 g/mol. The molecule has 1 aliphatic heterocycles. The first kappa shape index (κ1) is 26.5. The summed E-state index contributed by atoms with van der Waals surface area (Å²) >= 11 is 1.79. The highest BCUT2D eigenvalue weighted by atomic mass is 32.1. The highest BCUT2D eigenvalue weighted by Gasteiger charge is 2.50. The number of nitriles is 2. The van der Waals surface area contributed by atoms with Crippen LogP contribution in [0.5, 0.6) is 0 Å². The summed E-state index contributed by atoms with van der Waals surface area (Å²) in [6.45, 7) is 13.9. The summed E-state index contributed by atoms with van der Waals surface area (Å²) in [7, 11) is 0. The second kappa shape index (κ2) is 8.49. The second-order valence-corrected chi connectivity index (χ2v) is 15.8. The molecule has 0 bridgehead atoms. The Bertz CT molecular complexity index is 2150. The van der Waals surface area contributed by atoms with Crippen LogP contribution in [0.15, 0.2) is 60.2 Å². The minimum Gasteiger partial charge on any atom is -0.300 e. The third-order valence-electron chi connectivity index (χ3n) is 10.3. The number of benzene rings is 3. The maximum absolute atomic E-state index is 10.1. The molecule has 212 valence electrons. The molecule has 3 aromatic carbocycles. The average molecular weight is 578 g/mol. The van der Waals surface area contributed by atoms with Gasteiger partial charge in [0.05, 0.1) is 11.0 Å². The summed E-state index contributed by atoms with van der Waals surface area (Å²) < 4.78 is 2.54. The zero-order valence-electron chi connectivity index (χ0n) is 25.8. The van der Waals surface area contributed by atoms with E-state index in [1.165, 1.54) is 67.5 Å². The van der Waals surface area contributed by atoms with Crippen molar-refractivity contribution in [2.24, 2.45) is 0 Å². The van der Waals surface area contributed by atoms with E-state index in [1.807, 2.05) is 6.07 Å². The van der Waals surface area contributed by atoms with Crippen molar-refractivity contribution in [3.8, 4) is 28.3 Å². The Labute approximate surface area is 257 Å². The molecule has 8 rings (SSSR count). The average Bonchev–Trinajstić information content (AvgIpc) is 3.73. The van der Waals surface area contributed by atoms with E-state index in [0.29, 0.717) is 0 Å². The molecule has 2 aliphatic carbocycles. The molecule has 3 heterocycles. The number of nitrogens with zero attached hydrogens (tertiary/aromatic N) is 3. The Morgan fingerprint density at radius 3 is 2.12 bits per heavy atom. The van der Waals surface area contributed by atoms with Crippen LogP contribution in [0.2, 0.25) is 0 Å². The van der Waals surface area contributed by atoms with E-state index in [0.717, 1.165) is 34.4 Å². The standard InChI is InChI=1S/C39H35N3S/c1-37(2,3)23-13-14-30-27(17-23)28-18-24(38(4,5)6)19-29-34(28)42(30)36-33(39(29)15-9-10-16-39)32-26-12-8-7-11-25(26)31(35(32)43-36)22(20-40)21-41/h7-8,11-14,17-19H,9-10,15-16H2,1-6H3. The van der Waals surface area contributed by atoms with Crippen molar-refractivity contribution in [1.29, 1.82) is 10.5 Å². The van der Waals surface area contributed by atoms with E-state index >= 15 is 0 Å². The fourth-order valence-electron chi connectivity index (χ4n) is 8.14. The van der Waals surface area contributed by atoms with Gasteiger partial charge in [0.15, 0.2) is 0 Å². The molecule has 0 radical (unpaired) electrons. The quantitative estimate of drug-likeness (QED) is 0.169. The molecule has 0 amide bonds. The third kappa shape index (κ3) is 3.34. The fourth-order valence-corrected chi connectivity index (χ4v) is 9.64. The SMILES string of the molecule is CC(C)(C)c1ccc2c(c1)c1cc(C(C)(C)C)cc3c1n2-c1sc2c(c1C31CCCC1)-c1ccccc1C2=C(C#N)C#N. The summed E-state index contributed by atoms with van der Waals surface area (Å²) in [6.07, 6.45) is 4.63. The fraction of sp³-hybridized carbons (Fsp3) is 0.333. The Morgan fingerprint density at radius 2 is 1.47 bits per heavy atom. The first-order chi connectivity index (χ1) is 20.5. The van der Waals surface area contributed by atoms with E-state index in [2.05, 4.69) is 107 Å². The third-order valence-corrected chi connectivity index (χ3v) is 11.5. The second-order valence-electron chi connectivity index (χ2n) is 14.8. The van der Waals surface area contributed by atoms with Gasteiger partial charge in [-0.25, -0.2) is 0 Å². The molecule has 2 aromatic heterocycles. The lowest BCUT2D eigenvalue weighted by atomic mass is 9.68. The van der Waals surface area contributed by atoms with Crippen molar-refractivity contribution in [2.75, 3.05) is 0 Å². The number of allylic oxidation sites excluding steroid dienone is 1. The van der Waals surface area contributed by atoms with Crippen LogP contribution in [-0.2, 0) is 16.2 Å². The van der Waals surface area contributed by atoms with E-state index in [9.17, 15) is 10.5 Å². The van der Waals surface area contributed by atoms with Crippen molar-refractivity contribution in [2.45, 2.75) is 83.5 Å². The van der Waals surface area contributed by atoms with Crippen LogP contribution in [-0.4, -0.2) is 4.57 Å². The largest absolute Gasteiger partial charge is 0.300 e. The Morgan fingerprint density at radius 1 is 0.814 bits per heavy atom. The maximum atomic E-state index is 10.1. The van der Waals surface area contributed by atoms with Crippen molar-refractivity contribution < 1.29 is 0 Å². The van der Waals surface area contributed by atoms with Crippen LogP contribution < -0.4 is 0 Å². The van der Waals surface area contributed by atoms with Crippen molar-refractivity contribution in [1.82, 2.24) is 4.57 Å². The van der Waals surface area contributed by atoms with Gasteiger partial charge in [-0.15, -0.1) is 11.3 Å². The lowest BCUT2D eigenvalue weighted by molar-refractivity contribution is 0.528. The zero-order valence-corrected chi connectivity index (χ0v) is 26.6. The number of rotatable bonds is 0. The van der Waals surface area contributed by atoms with Crippen LogP contribution >= 0.6 is 11.3 Å². The number of thiophene rings is 1. The minimum absolute atomic E-state index is 0.00835. The summed E-state index contributed by atoms with van der Waals surface area (Å²) in [5.41, 5.74) is 12.6. The van der Waals surface area contributed by atoms with E-state index in [4.69, 9.17) is 0 Å². The molecular formula is C39H35N3S. The molecule has 1 saturated carbocycles. The lowest BCUT2D eigenvalue weighted by Gasteiger charge is -2.38. The highest BCUT2D eigenvalue weighted by molar-refractivity contribution is 7.16. The predicted octanol–water partition coefficient (Wildman–Crippen LogP) is 10.4. The summed E-state index contributed by atoms with van der Waals surface area (Å²) in [4.78, 5) is 1.08. The summed E-state index contributed by atoms with van der Waals surface area (Å²) in [5, 5.41) is 24.1. The van der Waals surface area contributed by atoms with Crippen molar-refractivity contribution in [3.05, 3.63) is 92.9 Å². The van der Waals surface area contributed by atoms with Crippen molar-refractivity contribution in [3.63, 3.8) is 0 Å². The van der Waals surface area contributed by atoms with Crippen LogP contribution in [0, 0.1) is 22.7 Å². The molecule has 1 fully saturated rings. The molecule has 0 saturated heterocycles.